The summed E-state index contributed by atoms with van der Waals surface area (Å²) in [6.45, 7) is 0. The van der Waals surface area contributed by atoms with Crippen molar-refractivity contribution in [2.24, 2.45) is 0 Å². The molecule has 1 aliphatic carbocycles. The molecule has 1 aliphatic rings. The van der Waals surface area contributed by atoms with Crippen molar-refractivity contribution in [2.75, 3.05) is 5.73 Å². The van der Waals surface area contributed by atoms with Gasteiger partial charge in [-0.15, -0.1) is 0 Å². The SMILES string of the molecule is Nc1onc(C2CCCCC2)c1-c1ccccn1. The van der Waals surface area contributed by atoms with Crippen LogP contribution in [0.4, 0.5) is 5.88 Å². The highest BCUT2D eigenvalue weighted by Crippen LogP contribution is 2.39. The molecule has 0 saturated heterocycles. The van der Waals surface area contributed by atoms with Crippen LogP contribution in [0.25, 0.3) is 11.3 Å². The lowest BCUT2D eigenvalue weighted by Gasteiger charge is -2.20. The quantitative estimate of drug-likeness (QED) is 0.878. The molecule has 18 heavy (non-hydrogen) atoms. The fourth-order valence-electron chi connectivity index (χ4n) is 2.74. The smallest absolute Gasteiger partial charge is 0.231 e. The Bertz CT molecular complexity index is 515. The van der Waals surface area contributed by atoms with Crippen LogP contribution in [0.5, 0.6) is 0 Å². The van der Waals surface area contributed by atoms with E-state index in [1.165, 1.54) is 32.1 Å². The molecule has 1 fully saturated rings. The number of anilines is 1. The van der Waals surface area contributed by atoms with E-state index in [4.69, 9.17) is 10.3 Å². The molecule has 0 amide bonds. The van der Waals surface area contributed by atoms with Gasteiger partial charge in [-0.2, -0.15) is 0 Å². The first kappa shape index (κ1) is 11.3. The zero-order valence-electron chi connectivity index (χ0n) is 10.3. The molecule has 2 aromatic rings. The minimum absolute atomic E-state index is 0.384. The summed E-state index contributed by atoms with van der Waals surface area (Å²) in [4.78, 5) is 4.36. The van der Waals surface area contributed by atoms with Crippen LogP contribution in [0.15, 0.2) is 28.9 Å². The minimum Gasteiger partial charge on any atom is -0.367 e. The van der Waals surface area contributed by atoms with E-state index in [2.05, 4.69) is 10.1 Å². The molecule has 2 N–H and O–H groups in total. The van der Waals surface area contributed by atoms with E-state index in [1.54, 1.807) is 6.20 Å². The number of nitrogens with zero attached hydrogens (tertiary/aromatic N) is 2. The molecule has 2 heterocycles. The molecule has 2 aromatic heterocycles. The Labute approximate surface area is 106 Å². The van der Waals surface area contributed by atoms with E-state index in [1.807, 2.05) is 18.2 Å². The van der Waals surface area contributed by atoms with Gasteiger partial charge in [0.1, 0.15) is 0 Å². The van der Waals surface area contributed by atoms with Gasteiger partial charge in [-0.1, -0.05) is 30.5 Å². The van der Waals surface area contributed by atoms with E-state index in [-0.39, 0.29) is 0 Å². The number of rotatable bonds is 2. The molecule has 0 aliphatic heterocycles. The number of hydrogen-bond donors (Lipinski definition) is 1. The zero-order valence-corrected chi connectivity index (χ0v) is 10.3. The van der Waals surface area contributed by atoms with E-state index in [9.17, 15) is 0 Å². The predicted molar refractivity (Wildman–Crippen MR) is 70.0 cm³/mol. The van der Waals surface area contributed by atoms with Crippen molar-refractivity contribution >= 4 is 5.88 Å². The maximum Gasteiger partial charge on any atom is 0.231 e. The van der Waals surface area contributed by atoms with Crippen LogP contribution >= 0.6 is 0 Å². The van der Waals surface area contributed by atoms with Crippen LogP contribution in [0.3, 0.4) is 0 Å². The molecule has 1 saturated carbocycles. The fourth-order valence-corrected chi connectivity index (χ4v) is 2.74. The van der Waals surface area contributed by atoms with Gasteiger partial charge in [0.15, 0.2) is 0 Å². The van der Waals surface area contributed by atoms with E-state index in [0.717, 1.165) is 17.0 Å². The summed E-state index contributed by atoms with van der Waals surface area (Å²) in [5.41, 5.74) is 8.65. The summed E-state index contributed by atoms with van der Waals surface area (Å²) in [6, 6.07) is 5.81. The van der Waals surface area contributed by atoms with Crippen LogP contribution in [-0.4, -0.2) is 10.1 Å². The Morgan fingerprint density at radius 1 is 1.17 bits per heavy atom. The standard InChI is InChI=1S/C14H17N3O/c15-14-12(11-8-4-5-9-16-11)13(17-18-14)10-6-2-1-3-7-10/h4-5,8-10H,1-3,6-7,15H2. The number of hydrogen-bond acceptors (Lipinski definition) is 4. The Morgan fingerprint density at radius 2 is 2.00 bits per heavy atom. The van der Waals surface area contributed by atoms with Crippen LogP contribution in [-0.2, 0) is 0 Å². The molecule has 3 rings (SSSR count). The lowest BCUT2D eigenvalue weighted by Crippen LogP contribution is -2.06. The van der Waals surface area contributed by atoms with Crippen molar-refractivity contribution in [3.8, 4) is 11.3 Å². The minimum atomic E-state index is 0.384. The van der Waals surface area contributed by atoms with Gasteiger partial charge in [-0.05, 0) is 25.0 Å². The van der Waals surface area contributed by atoms with Crippen LogP contribution in [0.1, 0.15) is 43.7 Å². The highest BCUT2D eigenvalue weighted by Gasteiger charge is 2.25. The molecule has 0 spiro atoms. The van der Waals surface area contributed by atoms with E-state index >= 15 is 0 Å². The van der Waals surface area contributed by atoms with Gasteiger partial charge in [-0.25, -0.2) is 0 Å². The van der Waals surface area contributed by atoms with E-state index < -0.39 is 0 Å². The van der Waals surface area contributed by atoms with Gasteiger partial charge in [-0.3, -0.25) is 4.98 Å². The first-order valence-corrected chi connectivity index (χ1v) is 6.52. The first-order chi connectivity index (χ1) is 8.86. The Morgan fingerprint density at radius 3 is 2.72 bits per heavy atom. The van der Waals surface area contributed by atoms with Gasteiger partial charge >= 0.3 is 0 Å². The van der Waals surface area contributed by atoms with Gasteiger partial charge < -0.3 is 10.3 Å². The molecule has 0 atom stereocenters. The molecule has 4 nitrogen and oxygen atoms in total. The molecule has 0 aromatic carbocycles. The Kier molecular flexibility index (Phi) is 3.00. The monoisotopic (exact) mass is 243 g/mol. The maximum atomic E-state index is 5.91. The number of nitrogen functional groups attached to an aromatic ring is 1. The highest BCUT2D eigenvalue weighted by atomic mass is 16.5. The van der Waals surface area contributed by atoms with Crippen molar-refractivity contribution in [1.82, 2.24) is 10.1 Å². The van der Waals surface area contributed by atoms with Crippen LogP contribution in [0.2, 0.25) is 0 Å². The van der Waals surface area contributed by atoms with Crippen molar-refractivity contribution in [2.45, 2.75) is 38.0 Å². The Balaban J connectivity index is 2.01. The second-order valence-electron chi connectivity index (χ2n) is 4.86. The second-order valence-corrected chi connectivity index (χ2v) is 4.86. The van der Waals surface area contributed by atoms with Crippen LogP contribution in [0, 0.1) is 0 Å². The normalized spacial score (nSPS) is 16.9. The molecule has 94 valence electrons. The first-order valence-electron chi connectivity index (χ1n) is 6.52. The summed E-state index contributed by atoms with van der Waals surface area (Å²) in [7, 11) is 0. The van der Waals surface area contributed by atoms with Crippen molar-refractivity contribution in [3.05, 3.63) is 30.1 Å². The number of aromatic nitrogens is 2. The summed E-state index contributed by atoms with van der Waals surface area (Å²) >= 11 is 0. The third-order valence-corrected chi connectivity index (χ3v) is 3.66. The molecular weight excluding hydrogens is 226 g/mol. The second kappa shape index (κ2) is 4.80. The van der Waals surface area contributed by atoms with Gasteiger partial charge in [0, 0.05) is 12.1 Å². The average molecular weight is 243 g/mol. The molecule has 0 radical (unpaired) electrons. The summed E-state index contributed by atoms with van der Waals surface area (Å²) < 4.78 is 5.19. The molecular formula is C14H17N3O. The van der Waals surface area contributed by atoms with Crippen molar-refractivity contribution < 1.29 is 4.52 Å². The summed E-state index contributed by atoms with van der Waals surface area (Å²) in [5.74, 6) is 0.853. The zero-order chi connectivity index (χ0) is 12.4. The highest BCUT2D eigenvalue weighted by molar-refractivity contribution is 5.72. The third-order valence-electron chi connectivity index (χ3n) is 3.66. The number of nitrogens with two attached hydrogens (primary N) is 1. The van der Waals surface area contributed by atoms with Crippen molar-refractivity contribution in [1.29, 1.82) is 0 Å². The number of pyridine rings is 1. The summed E-state index contributed by atoms with van der Waals surface area (Å²) in [6.07, 6.45) is 7.96. The molecule has 4 heteroatoms. The fraction of sp³-hybridized carbons (Fsp3) is 0.429. The lowest BCUT2D eigenvalue weighted by atomic mass is 9.85. The van der Waals surface area contributed by atoms with Gasteiger partial charge in [0.2, 0.25) is 5.88 Å². The molecule has 0 bridgehead atoms. The average Bonchev–Trinajstić information content (AvgIpc) is 2.83. The lowest BCUT2D eigenvalue weighted by molar-refractivity contribution is 0.388. The van der Waals surface area contributed by atoms with Gasteiger partial charge in [0.05, 0.1) is 17.0 Å². The largest absolute Gasteiger partial charge is 0.367 e. The maximum absolute atomic E-state index is 5.91. The van der Waals surface area contributed by atoms with E-state index in [0.29, 0.717) is 11.8 Å². The molecule has 0 unspecified atom stereocenters. The Hall–Kier alpha value is -1.84. The van der Waals surface area contributed by atoms with Gasteiger partial charge in [0.25, 0.3) is 0 Å². The third kappa shape index (κ3) is 1.98. The topological polar surface area (TPSA) is 64.9 Å². The summed E-state index contributed by atoms with van der Waals surface area (Å²) in [5, 5.41) is 4.18. The van der Waals surface area contributed by atoms with Crippen molar-refractivity contribution in [3.63, 3.8) is 0 Å². The van der Waals surface area contributed by atoms with Crippen LogP contribution < -0.4 is 5.73 Å². The predicted octanol–water partition coefficient (Wildman–Crippen LogP) is 3.37.